The van der Waals surface area contributed by atoms with Gasteiger partial charge >= 0.3 is 11.7 Å². The quantitative estimate of drug-likeness (QED) is 0.487. The zero-order valence-electron chi connectivity index (χ0n) is 15.5. The highest BCUT2D eigenvalue weighted by Crippen LogP contribution is 2.33. The third kappa shape index (κ3) is 3.68. The van der Waals surface area contributed by atoms with Gasteiger partial charge in [-0.15, -0.1) is 22.7 Å². The first-order valence-electron chi connectivity index (χ1n) is 9.04. The molecule has 0 saturated heterocycles. The first kappa shape index (κ1) is 19.4. The van der Waals surface area contributed by atoms with Crippen molar-refractivity contribution in [1.29, 1.82) is 0 Å². The van der Waals surface area contributed by atoms with Crippen molar-refractivity contribution in [3.63, 3.8) is 0 Å². The van der Waals surface area contributed by atoms with Crippen LogP contribution >= 0.6 is 22.7 Å². The molecule has 0 spiro atoms. The third-order valence-electron chi connectivity index (χ3n) is 4.87. The summed E-state index contributed by atoms with van der Waals surface area (Å²) in [5.41, 5.74) is 1.53. The number of fused-ring (bicyclic) bond motifs is 1. The second-order valence-corrected chi connectivity index (χ2v) is 8.64. The number of H-pyrrole nitrogens is 1. The number of carboxylic acid groups (broad SMARTS) is 1. The van der Waals surface area contributed by atoms with E-state index in [-0.39, 0.29) is 6.42 Å². The lowest BCUT2D eigenvalue weighted by Gasteiger charge is -2.15. The predicted octanol–water partition coefficient (Wildman–Crippen LogP) is 4.05. The molecule has 0 fully saturated rings. The van der Waals surface area contributed by atoms with Crippen LogP contribution in [0.2, 0.25) is 0 Å². The standard InChI is InChI=1S/C21H18N2O4S2/c1-12-4-6-13(7-5-12)8-9-15(20(25)26)23-19(24)17-14(16-3-2-10-28-16)11-29-18(17)22-21(23)27/h2-7,10-11,15H,8-9H2,1H3,(H,22,27)(H,25,26). The lowest BCUT2D eigenvalue weighted by molar-refractivity contribution is -0.141. The highest BCUT2D eigenvalue weighted by atomic mass is 32.1. The second-order valence-electron chi connectivity index (χ2n) is 6.81. The minimum atomic E-state index is -1.24. The minimum absolute atomic E-state index is 0.144. The third-order valence-corrected chi connectivity index (χ3v) is 6.67. The van der Waals surface area contributed by atoms with Crippen LogP contribution in [0.1, 0.15) is 23.6 Å². The van der Waals surface area contributed by atoms with Crippen LogP contribution < -0.4 is 11.2 Å². The molecule has 3 aromatic heterocycles. The zero-order chi connectivity index (χ0) is 20.5. The van der Waals surface area contributed by atoms with E-state index in [2.05, 4.69) is 4.98 Å². The summed E-state index contributed by atoms with van der Waals surface area (Å²) < 4.78 is 0.850. The predicted molar refractivity (Wildman–Crippen MR) is 116 cm³/mol. The van der Waals surface area contributed by atoms with Crippen molar-refractivity contribution >= 4 is 38.9 Å². The number of rotatable bonds is 6. The summed E-state index contributed by atoms with van der Waals surface area (Å²) in [6, 6.07) is 10.3. The summed E-state index contributed by atoms with van der Waals surface area (Å²) in [4.78, 5) is 41.8. The smallest absolute Gasteiger partial charge is 0.330 e. The van der Waals surface area contributed by atoms with E-state index in [1.807, 2.05) is 54.1 Å². The van der Waals surface area contributed by atoms with E-state index in [0.717, 1.165) is 26.1 Å². The maximum atomic E-state index is 13.2. The zero-order valence-corrected chi connectivity index (χ0v) is 17.2. The average Bonchev–Trinajstić information content (AvgIpc) is 3.34. The summed E-state index contributed by atoms with van der Waals surface area (Å²) >= 11 is 2.76. The number of carboxylic acids is 1. The molecule has 0 amide bonds. The van der Waals surface area contributed by atoms with Crippen LogP contribution in [0.15, 0.2) is 56.7 Å². The van der Waals surface area contributed by atoms with Gasteiger partial charge in [-0.05, 0) is 36.8 Å². The van der Waals surface area contributed by atoms with Crippen molar-refractivity contribution in [3.05, 3.63) is 79.1 Å². The molecule has 0 radical (unpaired) electrons. The number of hydrogen-bond acceptors (Lipinski definition) is 5. The van der Waals surface area contributed by atoms with Crippen molar-refractivity contribution in [2.45, 2.75) is 25.8 Å². The van der Waals surface area contributed by atoms with Gasteiger partial charge in [0.05, 0.1) is 5.39 Å². The van der Waals surface area contributed by atoms with Gasteiger partial charge in [0.2, 0.25) is 0 Å². The maximum Gasteiger partial charge on any atom is 0.330 e. The fourth-order valence-electron chi connectivity index (χ4n) is 3.35. The van der Waals surface area contributed by atoms with Gasteiger partial charge in [-0.2, -0.15) is 0 Å². The highest BCUT2D eigenvalue weighted by molar-refractivity contribution is 7.18. The van der Waals surface area contributed by atoms with Gasteiger partial charge in [-0.25, -0.2) is 14.2 Å². The molecule has 0 aliphatic rings. The Morgan fingerprint density at radius 2 is 1.93 bits per heavy atom. The van der Waals surface area contributed by atoms with Crippen LogP contribution in [-0.2, 0) is 11.2 Å². The molecule has 0 aliphatic heterocycles. The molecule has 0 bridgehead atoms. The average molecular weight is 427 g/mol. The summed E-state index contributed by atoms with van der Waals surface area (Å²) in [5, 5.41) is 13.9. The van der Waals surface area contributed by atoms with E-state index in [1.165, 1.54) is 22.7 Å². The molecule has 0 aliphatic carbocycles. The molecular weight excluding hydrogens is 408 g/mol. The molecule has 148 valence electrons. The van der Waals surface area contributed by atoms with Gasteiger partial charge in [0.15, 0.2) is 0 Å². The van der Waals surface area contributed by atoms with E-state index >= 15 is 0 Å². The molecule has 29 heavy (non-hydrogen) atoms. The number of benzene rings is 1. The van der Waals surface area contributed by atoms with Gasteiger partial charge in [-0.1, -0.05) is 35.9 Å². The molecule has 4 rings (SSSR count). The van der Waals surface area contributed by atoms with Crippen LogP contribution in [-0.4, -0.2) is 20.6 Å². The van der Waals surface area contributed by atoms with Crippen molar-refractivity contribution in [2.75, 3.05) is 0 Å². The number of aromatic nitrogens is 2. The van der Waals surface area contributed by atoms with Crippen LogP contribution in [0, 0.1) is 6.92 Å². The molecule has 8 heteroatoms. The SMILES string of the molecule is Cc1ccc(CCC(C(=O)O)n2c(=O)[nH]c3scc(-c4cccs4)c3c2=O)cc1. The largest absolute Gasteiger partial charge is 0.480 e. The number of nitrogens with one attached hydrogen (secondary N) is 1. The highest BCUT2D eigenvalue weighted by Gasteiger charge is 2.26. The fraction of sp³-hybridized carbons (Fsp3) is 0.190. The number of thiophene rings is 2. The van der Waals surface area contributed by atoms with Crippen molar-refractivity contribution in [2.24, 2.45) is 0 Å². The first-order chi connectivity index (χ1) is 14.0. The van der Waals surface area contributed by atoms with E-state index in [1.54, 1.807) is 0 Å². The molecule has 3 heterocycles. The Labute approximate surface area is 173 Å². The minimum Gasteiger partial charge on any atom is -0.480 e. The molecular formula is C21H18N2O4S2. The van der Waals surface area contributed by atoms with Crippen LogP contribution in [0.5, 0.6) is 0 Å². The van der Waals surface area contributed by atoms with Crippen LogP contribution in [0.25, 0.3) is 20.7 Å². The van der Waals surface area contributed by atoms with Crippen LogP contribution in [0.3, 0.4) is 0 Å². The maximum absolute atomic E-state index is 13.2. The van der Waals surface area contributed by atoms with E-state index in [9.17, 15) is 19.5 Å². The van der Waals surface area contributed by atoms with Gasteiger partial charge in [0, 0.05) is 15.8 Å². The summed E-state index contributed by atoms with van der Waals surface area (Å²) in [7, 11) is 0. The van der Waals surface area contributed by atoms with E-state index in [4.69, 9.17) is 0 Å². The number of hydrogen-bond donors (Lipinski definition) is 2. The normalized spacial score (nSPS) is 12.3. The Bertz CT molecular complexity index is 1280. The molecule has 0 saturated carbocycles. The van der Waals surface area contributed by atoms with Crippen LogP contribution in [0.4, 0.5) is 0 Å². The molecule has 2 N–H and O–H groups in total. The number of aryl methyl sites for hydroxylation is 2. The Kier molecular flexibility index (Phi) is 5.21. The number of nitrogens with zero attached hydrogens (tertiary/aromatic N) is 1. The van der Waals surface area contributed by atoms with Gasteiger partial charge in [0.1, 0.15) is 10.9 Å². The van der Waals surface area contributed by atoms with Crippen molar-refractivity contribution in [3.8, 4) is 10.4 Å². The summed E-state index contributed by atoms with van der Waals surface area (Å²) in [5.74, 6) is -1.20. The van der Waals surface area contributed by atoms with Gasteiger partial charge < -0.3 is 5.11 Å². The molecule has 1 atom stereocenters. The molecule has 1 unspecified atom stereocenters. The summed E-state index contributed by atoms with van der Waals surface area (Å²) in [6.07, 6.45) is 0.591. The van der Waals surface area contributed by atoms with Crippen molar-refractivity contribution < 1.29 is 9.90 Å². The Morgan fingerprint density at radius 1 is 1.17 bits per heavy atom. The number of carbonyl (C=O) groups is 1. The Balaban J connectivity index is 1.78. The lowest BCUT2D eigenvalue weighted by atomic mass is 10.0. The summed E-state index contributed by atoms with van der Waals surface area (Å²) in [6.45, 7) is 1.98. The van der Waals surface area contributed by atoms with Gasteiger partial charge in [-0.3, -0.25) is 9.78 Å². The fourth-order valence-corrected chi connectivity index (χ4v) is 5.11. The molecule has 1 aromatic carbocycles. The molecule has 4 aromatic rings. The topological polar surface area (TPSA) is 92.2 Å². The number of aliphatic carboxylic acids is 1. The van der Waals surface area contributed by atoms with E-state index in [0.29, 0.717) is 16.6 Å². The molecule has 6 nitrogen and oxygen atoms in total. The van der Waals surface area contributed by atoms with E-state index < -0.39 is 23.3 Å². The Hall–Kier alpha value is -2.97. The Morgan fingerprint density at radius 3 is 2.59 bits per heavy atom. The lowest BCUT2D eigenvalue weighted by Crippen LogP contribution is -2.41. The van der Waals surface area contributed by atoms with Gasteiger partial charge in [0.25, 0.3) is 5.56 Å². The first-order valence-corrected chi connectivity index (χ1v) is 10.8. The number of aromatic amines is 1. The van der Waals surface area contributed by atoms with Crippen molar-refractivity contribution in [1.82, 2.24) is 9.55 Å². The second kappa shape index (κ2) is 7.81. The monoisotopic (exact) mass is 426 g/mol.